The highest BCUT2D eigenvalue weighted by Crippen LogP contribution is 2.50. The topological polar surface area (TPSA) is 86.8 Å². The highest BCUT2D eigenvalue weighted by atomic mass is 19.1. The molecule has 4 atom stereocenters. The molecule has 1 N–H and O–H groups in total. The molecule has 28 heavy (non-hydrogen) atoms. The zero-order chi connectivity index (χ0) is 20.0. The Morgan fingerprint density at radius 1 is 1.14 bits per heavy atom. The molecule has 7 nitrogen and oxygen atoms in total. The molecule has 2 saturated carbocycles. The predicted molar refractivity (Wildman–Crippen MR) is 97.4 cm³/mol. The highest BCUT2D eigenvalue weighted by Gasteiger charge is 2.52. The predicted octanol–water partition coefficient (Wildman–Crippen LogP) is 2.38. The van der Waals surface area contributed by atoms with E-state index in [0.29, 0.717) is 22.4 Å². The van der Waals surface area contributed by atoms with Gasteiger partial charge >= 0.3 is 17.8 Å². The summed E-state index contributed by atoms with van der Waals surface area (Å²) >= 11 is 0. The molecule has 3 fully saturated rings. The van der Waals surface area contributed by atoms with Gasteiger partial charge in [0.2, 0.25) is 5.91 Å². The third kappa shape index (κ3) is 3.16. The fourth-order valence-electron chi connectivity index (χ4n) is 4.97. The van der Waals surface area contributed by atoms with Crippen LogP contribution < -0.4 is 5.32 Å². The van der Waals surface area contributed by atoms with E-state index in [1.807, 2.05) is 6.92 Å². The number of anilines is 1. The molecule has 3 aliphatic rings. The number of amides is 5. The lowest BCUT2D eigenvalue weighted by Crippen LogP contribution is -2.45. The van der Waals surface area contributed by atoms with E-state index in [4.69, 9.17) is 0 Å². The molecule has 0 aromatic heterocycles. The zero-order valence-corrected chi connectivity index (χ0v) is 15.6. The van der Waals surface area contributed by atoms with Gasteiger partial charge in [-0.15, -0.1) is 0 Å². The number of fused-ring (bicyclic) bond motifs is 2. The molecule has 0 spiro atoms. The molecule has 0 radical (unpaired) electrons. The first kappa shape index (κ1) is 18.6. The van der Waals surface area contributed by atoms with Gasteiger partial charge in [-0.2, -0.15) is 0 Å². The average molecular weight is 387 g/mol. The Morgan fingerprint density at radius 2 is 1.86 bits per heavy atom. The summed E-state index contributed by atoms with van der Waals surface area (Å²) in [4.78, 5) is 51.4. The van der Waals surface area contributed by atoms with Crippen LogP contribution in [0.5, 0.6) is 0 Å². The van der Waals surface area contributed by atoms with Crippen molar-refractivity contribution < 1.29 is 23.6 Å². The van der Waals surface area contributed by atoms with Crippen LogP contribution in [0.1, 0.15) is 32.6 Å². The summed E-state index contributed by atoms with van der Waals surface area (Å²) in [6.07, 6.45) is 4.41. The maximum absolute atomic E-state index is 12.9. The van der Waals surface area contributed by atoms with Gasteiger partial charge in [0.05, 0.1) is 0 Å². The second kappa shape index (κ2) is 7.00. The van der Waals surface area contributed by atoms with Crippen molar-refractivity contribution in [1.82, 2.24) is 9.80 Å². The third-order valence-corrected chi connectivity index (χ3v) is 6.33. The minimum absolute atomic E-state index is 0.215. The molecule has 2 bridgehead atoms. The third-order valence-electron chi connectivity index (χ3n) is 6.33. The zero-order valence-electron chi connectivity index (χ0n) is 15.6. The normalized spacial score (nSPS) is 27.6. The van der Waals surface area contributed by atoms with Crippen LogP contribution in [0.2, 0.25) is 0 Å². The van der Waals surface area contributed by atoms with Gasteiger partial charge in [-0.05, 0) is 68.2 Å². The van der Waals surface area contributed by atoms with Crippen LogP contribution in [-0.2, 0) is 14.4 Å². The van der Waals surface area contributed by atoms with Gasteiger partial charge in [0.1, 0.15) is 12.4 Å². The van der Waals surface area contributed by atoms with Gasteiger partial charge < -0.3 is 5.32 Å². The fraction of sp³-hybridized carbons (Fsp3) is 0.500. The van der Waals surface area contributed by atoms with E-state index in [1.54, 1.807) is 0 Å². The van der Waals surface area contributed by atoms with Crippen molar-refractivity contribution >= 4 is 29.4 Å². The summed E-state index contributed by atoms with van der Waals surface area (Å²) < 4.78 is 12.9. The van der Waals surface area contributed by atoms with Gasteiger partial charge in [-0.25, -0.2) is 14.1 Å². The van der Waals surface area contributed by atoms with Gasteiger partial charge in [-0.1, -0.05) is 6.42 Å². The van der Waals surface area contributed by atoms with E-state index in [1.165, 1.54) is 30.7 Å². The lowest BCUT2D eigenvalue weighted by Gasteiger charge is -2.32. The van der Waals surface area contributed by atoms with Crippen LogP contribution in [-0.4, -0.2) is 46.1 Å². The first-order valence-electron chi connectivity index (χ1n) is 9.59. The van der Waals surface area contributed by atoms with Crippen LogP contribution >= 0.6 is 0 Å². The number of hydrogen-bond acceptors (Lipinski definition) is 4. The van der Waals surface area contributed by atoms with Crippen molar-refractivity contribution in [1.29, 1.82) is 0 Å². The highest BCUT2D eigenvalue weighted by molar-refractivity contribution is 6.45. The number of benzene rings is 1. The largest absolute Gasteiger partial charge is 0.334 e. The molecule has 1 aromatic rings. The van der Waals surface area contributed by atoms with Crippen molar-refractivity contribution in [3.8, 4) is 0 Å². The molecule has 1 heterocycles. The fourth-order valence-corrected chi connectivity index (χ4v) is 4.97. The van der Waals surface area contributed by atoms with Crippen molar-refractivity contribution in [3.05, 3.63) is 30.1 Å². The summed E-state index contributed by atoms with van der Waals surface area (Å²) in [5.74, 6) is -1.56. The Hall–Kier alpha value is -2.77. The van der Waals surface area contributed by atoms with E-state index in [-0.39, 0.29) is 12.0 Å². The van der Waals surface area contributed by atoms with E-state index in [0.717, 1.165) is 24.2 Å². The van der Waals surface area contributed by atoms with Crippen molar-refractivity contribution in [2.24, 2.45) is 17.8 Å². The molecule has 2 aliphatic carbocycles. The number of halogens is 1. The van der Waals surface area contributed by atoms with Crippen LogP contribution in [0.15, 0.2) is 24.3 Å². The molecule has 1 aromatic carbocycles. The smallest absolute Gasteiger partial charge is 0.325 e. The number of urea groups is 1. The molecular formula is C20H22FN3O4. The number of hydrogen-bond donors (Lipinski definition) is 1. The number of rotatable bonds is 5. The molecule has 148 valence electrons. The lowest BCUT2D eigenvalue weighted by molar-refractivity contribution is -0.144. The van der Waals surface area contributed by atoms with E-state index >= 15 is 0 Å². The molecular weight excluding hydrogens is 365 g/mol. The standard InChI is InChI=1S/C20H22FN3O4/c1-11(16-9-12-2-3-13(16)8-12)24-19(27)18(26)23(20(24)28)10-17(25)22-15-6-4-14(21)5-7-15/h4-7,11-13,16H,2-3,8-10H2,1H3,(H,22,25)/t11-,12-,13-,16-/m0/s1. The van der Waals surface area contributed by atoms with Gasteiger partial charge in [0, 0.05) is 11.7 Å². The summed E-state index contributed by atoms with van der Waals surface area (Å²) in [6.45, 7) is 1.26. The molecule has 8 heteroatoms. The Morgan fingerprint density at radius 3 is 2.46 bits per heavy atom. The molecule has 4 rings (SSSR count). The second-order valence-corrected chi connectivity index (χ2v) is 7.98. The minimum Gasteiger partial charge on any atom is -0.325 e. The Bertz CT molecular complexity index is 840. The molecule has 0 unspecified atom stereocenters. The van der Waals surface area contributed by atoms with Gasteiger partial charge in [-0.3, -0.25) is 19.3 Å². The Balaban J connectivity index is 1.43. The van der Waals surface area contributed by atoms with Crippen molar-refractivity contribution in [2.75, 3.05) is 11.9 Å². The number of nitrogens with zero attached hydrogens (tertiary/aromatic N) is 2. The number of nitrogens with one attached hydrogen (secondary N) is 1. The van der Waals surface area contributed by atoms with E-state index in [9.17, 15) is 23.6 Å². The number of carbonyl (C=O) groups is 4. The number of imide groups is 2. The first-order chi connectivity index (χ1) is 13.3. The lowest BCUT2D eigenvalue weighted by atomic mass is 9.83. The van der Waals surface area contributed by atoms with Gasteiger partial charge in [0.15, 0.2) is 0 Å². The summed E-state index contributed by atoms with van der Waals surface area (Å²) in [7, 11) is 0. The SMILES string of the molecule is C[C@@H]([C@@H]1C[C@H]2CC[C@H]1C2)N1C(=O)C(=O)N(CC(=O)Nc2ccc(F)cc2)C1=O. The minimum atomic E-state index is -0.978. The van der Waals surface area contributed by atoms with Crippen LogP contribution in [0.25, 0.3) is 0 Å². The molecule has 1 aliphatic heterocycles. The van der Waals surface area contributed by atoms with Crippen LogP contribution in [0.3, 0.4) is 0 Å². The van der Waals surface area contributed by atoms with Gasteiger partial charge in [0.25, 0.3) is 0 Å². The van der Waals surface area contributed by atoms with Crippen LogP contribution in [0.4, 0.5) is 14.9 Å². The second-order valence-electron chi connectivity index (χ2n) is 7.98. The average Bonchev–Trinajstić information content (AvgIpc) is 3.35. The van der Waals surface area contributed by atoms with Crippen LogP contribution in [0, 0.1) is 23.6 Å². The van der Waals surface area contributed by atoms with E-state index < -0.39 is 36.1 Å². The van der Waals surface area contributed by atoms with E-state index in [2.05, 4.69) is 5.32 Å². The maximum atomic E-state index is 12.9. The van der Waals surface area contributed by atoms with Crippen molar-refractivity contribution in [3.63, 3.8) is 0 Å². The summed E-state index contributed by atoms with van der Waals surface area (Å²) in [6, 6.07) is 4.02. The Labute approximate surface area is 161 Å². The molecule has 5 amide bonds. The number of carbonyl (C=O) groups excluding carboxylic acids is 4. The maximum Gasteiger partial charge on any atom is 0.334 e. The Kier molecular flexibility index (Phi) is 4.64. The summed E-state index contributed by atoms with van der Waals surface area (Å²) in [5.41, 5.74) is 0.337. The first-order valence-corrected chi connectivity index (χ1v) is 9.59. The quantitative estimate of drug-likeness (QED) is 0.621. The van der Waals surface area contributed by atoms with Crippen molar-refractivity contribution in [2.45, 2.75) is 38.6 Å². The molecule has 1 saturated heterocycles. The monoisotopic (exact) mass is 387 g/mol. The summed E-state index contributed by atoms with van der Waals surface area (Å²) in [5, 5.41) is 2.49.